The number of hydrogen-bond acceptors (Lipinski definition) is 5. The van der Waals surface area contributed by atoms with E-state index in [1.807, 2.05) is 48.1 Å². The van der Waals surface area contributed by atoms with Gasteiger partial charge in [0, 0.05) is 37.1 Å². The van der Waals surface area contributed by atoms with Crippen molar-refractivity contribution in [1.29, 1.82) is 0 Å². The quantitative estimate of drug-likeness (QED) is 0.668. The summed E-state index contributed by atoms with van der Waals surface area (Å²) >= 11 is 0. The van der Waals surface area contributed by atoms with Crippen molar-refractivity contribution in [3.8, 4) is 5.75 Å². The molecule has 0 aliphatic heterocycles. The molecule has 6 heteroatoms. The lowest BCUT2D eigenvalue weighted by molar-refractivity contribution is 0.277. The number of rotatable bonds is 7. The molecule has 0 radical (unpaired) electrons. The van der Waals surface area contributed by atoms with Crippen LogP contribution in [0.4, 0.5) is 0 Å². The molecular formula is C18H21N5O. The van der Waals surface area contributed by atoms with Crippen molar-refractivity contribution in [3.63, 3.8) is 0 Å². The van der Waals surface area contributed by atoms with Gasteiger partial charge in [-0.15, -0.1) is 10.2 Å². The van der Waals surface area contributed by atoms with E-state index in [4.69, 9.17) is 4.74 Å². The van der Waals surface area contributed by atoms with Gasteiger partial charge in [0.15, 0.2) is 0 Å². The highest BCUT2D eigenvalue weighted by Crippen LogP contribution is 2.21. The zero-order chi connectivity index (χ0) is 16.8. The highest BCUT2D eigenvalue weighted by molar-refractivity contribution is 5.33. The maximum atomic E-state index is 5.98. The van der Waals surface area contributed by atoms with Crippen molar-refractivity contribution in [1.82, 2.24) is 24.6 Å². The third-order valence-corrected chi connectivity index (χ3v) is 3.75. The fourth-order valence-electron chi connectivity index (χ4n) is 2.46. The van der Waals surface area contributed by atoms with Crippen molar-refractivity contribution in [2.75, 3.05) is 7.05 Å². The molecule has 0 bridgehead atoms. The second-order valence-corrected chi connectivity index (χ2v) is 5.79. The van der Waals surface area contributed by atoms with Gasteiger partial charge in [-0.2, -0.15) is 0 Å². The summed E-state index contributed by atoms with van der Waals surface area (Å²) in [6, 6.07) is 12.0. The number of para-hydroxylation sites is 1. The van der Waals surface area contributed by atoms with Crippen LogP contribution < -0.4 is 4.74 Å². The predicted octanol–water partition coefficient (Wildman–Crippen LogP) is 2.42. The molecule has 3 aromatic rings. The standard InChI is InChI=1S/C18H21N5O/c1-22(12-18-21-20-14-23(18)2)11-16-7-3-4-8-17(16)24-13-15-6-5-9-19-10-15/h3-10,14H,11-13H2,1-2H3. The molecule has 24 heavy (non-hydrogen) atoms. The number of ether oxygens (including phenoxy) is 1. The number of benzene rings is 1. The highest BCUT2D eigenvalue weighted by Gasteiger charge is 2.10. The molecule has 0 aliphatic rings. The molecule has 6 nitrogen and oxygen atoms in total. The zero-order valence-corrected chi connectivity index (χ0v) is 14.0. The average Bonchev–Trinajstić information content (AvgIpc) is 3.00. The van der Waals surface area contributed by atoms with Gasteiger partial charge in [-0.25, -0.2) is 0 Å². The van der Waals surface area contributed by atoms with Crippen molar-refractivity contribution in [3.05, 3.63) is 72.1 Å². The van der Waals surface area contributed by atoms with Crippen LogP contribution in [0.3, 0.4) is 0 Å². The Morgan fingerprint density at radius 2 is 2.00 bits per heavy atom. The lowest BCUT2D eigenvalue weighted by atomic mass is 10.2. The smallest absolute Gasteiger partial charge is 0.146 e. The third-order valence-electron chi connectivity index (χ3n) is 3.75. The Kier molecular flexibility index (Phi) is 5.18. The summed E-state index contributed by atoms with van der Waals surface area (Å²) in [5, 5.41) is 8.05. The summed E-state index contributed by atoms with van der Waals surface area (Å²) in [6.45, 7) is 2.02. The second kappa shape index (κ2) is 7.70. The molecule has 0 saturated carbocycles. The van der Waals surface area contributed by atoms with Gasteiger partial charge in [-0.1, -0.05) is 24.3 Å². The fraction of sp³-hybridized carbons (Fsp3) is 0.278. The maximum absolute atomic E-state index is 5.98. The summed E-state index contributed by atoms with van der Waals surface area (Å²) in [5.74, 6) is 1.83. The number of pyridine rings is 1. The van der Waals surface area contributed by atoms with E-state index >= 15 is 0 Å². The van der Waals surface area contributed by atoms with Gasteiger partial charge in [-0.05, 0) is 19.2 Å². The van der Waals surface area contributed by atoms with Crippen LogP contribution in [0.5, 0.6) is 5.75 Å². The topological polar surface area (TPSA) is 56.1 Å². The minimum absolute atomic E-state index is 0.512. The van der Waals surface area contributed by atoms with Crippen LogP contribution in [0.25, 0.3) is 0 Å². The maximum Gasteiger partial charge on any atom is 0.146 e. The first-order chi connectivity index (χ1) is 11.7. The first-order valence-corrected chi connectivity index (χ1v) is 7.83. The van der Waals surface area contributed by atoms with E-state index in [2.05, 4.69) is 33.2 Å². The van der Waals surface area contributed by atoms with Gasteiger partial charge in [0.2, 0.25) is 0 Å². The predicted molar refractivity (Wildman–Crippen MR) is 91.2 cm³/mol. The molecule has 124 valence electrons. The minimum atomic E-state index is 0.512. The Morgan fingerprint density at radius 1 is 1.12 bits per heavy atom. The van der Waals surface area contributed by atoms with E-state index in [0.29, 0.717) is 6.61 Å². The normalized spacial score (nSPS) is 11.0. The van der Waals surface area contributed by atoms with Gasteiger partial charge in [0.05, 0.1) is 6.54 Å². The van der Waals surface area contributed by atoms with Crippen LogP contribution in [-0.4, -0.2) is 31.7 Å². The zero-order valence-electron chi connectivity index (χ0n) is 14.0. The van der Waals surface area contributed by atoms with Crippen LogP contribution in [0.2, 0.25) is 0 Å². The molecule has 0 N–H and O–H groups in total. The largest absolute Gasteiger partial charge is 0.489 e. The molecule has 2 aromatic heterocycles. The second-order valence-electron chi connectivity index (χ2n) is 5.79. The summed E-state index contributed by atoms with van der Waals surface area (Å²) < 4.78 is 7.92. The van der Waals surface area contributed by atoms with Crippen LogP contribution in [0, 0.1) is 0 Å². The van der Waals surface area contributed by atoms with Gasteiger partial charge >= 0.3 is 0 Å². The van der Waals surface area contributed by atoms with E-state index in [1.165, 1.54) is 0 Å². The van der Waals surface area contributed by atoms with Crippen LogP contribution in [-0.2, 0) is 26.7 Å². The number of nitrogens with zero attached hydrogens (tertiary/aromatic N) is 5. The molecule has 0 aliphatic carbocycles. The van der Waals surface area contributed by atoms with Gasteiger partial charge in [0.1, 0.15) is 24.5 Å². The Labute approximate surface area is 141 Å². The summed E-state index contributed by atoms with van der Waals surface area (Å²) in [5.41, 5.74) is 2.20. The number of aryl methyl sites for hydroxylation is 1. The molecule has 3 rings (SSSR count). The summed E-state index contributed by atoms with van der Waals surface area (Å²) in [6.07, 6.45) is 5.30. The lowest BCUT2D eigenvalue weighted by Crippen LogP contribution is -2.20. The Morgan fingerprint density at radius 3 is 2.75 bits per heavy atom. The molecule has 0 atom stereocenters. The van der Waals surface area contributed by atoms with E-state index in [9.17, 15) is 0 Å². The monoisotopic (exact) mass is 323 g/mol. The first kappa shape index (κ1) is 16.1. The summed E-state index contributed by atoms with van der Waals surface area (Å²) in [7, 11) is 4.01. The Bertz CT molecular complexity index is 772. The first-order valence-electron chi connectivity index (χ1n) is 7.83. The fourth-order valence-corrected chi connectivity index (χ4v) is 2.46. The van der Waals surface area contributed by atoms with Gasteiger partial charge in [-0.3, -0.25) is 9.88 Å². The molecule has 0 saturated heterocycles. The SMILES string of the molecule is CN(Cc1ccccc1OCc1cccnc1)Cc1nncn1C. The Hall–Kier alpha value is -2.73. The lowest BCUT2D eigenvalue weighted by Gasteiger charge is -2.18. The molecule has 0 fully saturated rings. The average molecular weight is 323 g/mol. The van der Waals surface area contributed by atoms with Crippen LogP contribution >= 0.6 is 0 Å². The molecule has 1 aromatic carbocycles. The minimum Gasteiger partial charge on any atom is -0.489 e. The van der Waals surface area contributed by atoms with Gasteiger partial charge in [0.25, 0.3) is 0 Å². The molecule has 0 amide bonds. The van der Waals surface area contributed by atoms with Crippen LogP contribution in [0.15, 0.2) is 55.1 Å². The van der Waals surface area contributed by atoms with E-state index in [0.717, 1.165) is 35.8 Å². The molecule has 2 heterocycles. The van der Waals surface area contributed by atoms with Crippen LogP contribution in [0.1, 0.15) is 17.0 Å². The number of aromatic nitrogens is 4. The van der Waals surface area contributed by atoms with Gasteiger partial charge < -0.3 is 9.30 Å². The van der Waals surface area contributed by atoms with Crippen molar-refractivity contribution < 1.29 is 4.74 Å². The molecule has 0 spiro atoms. The van der Waals surface area contributed by atoms with Crippen molar-refractivity contribution in [2.24, 2.45) is 7.05 Å². The van der Waals surface area contributed by atoms with E-state index in [1.54, 1.807) is 12.5 Å². The summed E-state index contributed by atoms with van der Waals surface area (Å²) in [4.78, 5) is 6.31. The Balaban J connectivity index is 1.64. The highest BCUT2D eigenvalue weighted by atomic mass is 16.5. The van der Waals surface area contributed by atoms with E-state index in [-0.39, 0.29) is 0 Å². The molecule has 0 unspecified atom stereocenters. The third kappa shape index (κ3) is 4.17. The van der Waals surface area contributed by atoms with E-state index < -0.39 is 0 Å². The molecular weight excluding hydrogens is 302 g/mol. The number of hydrogen-bond donors (Lipinski definition) is 0. The van der Waals surface area contributed by atoms with Crippen molar-refractivity contribution in [2.45, 2.75) is 19.7 Å². The van der Waals surface area contributed by atoms with Crippen molar-refractivity contribution >= 4 is 0 Å².